The Hall–Kier alpha value is -2.73. The fourth-order valence-corrected chi connectivity index (χ4v) is 3.70. The minimum Gasteiger partial charge on any atom is -0.493 e. The number of carbonyl (C=O) groups is 1. The number of likely N-dealkylation sites (N-methyl/N-ethyl adjacent to an activating group) is 1. The lowest BCUT2D eigenvalue weighted by Crippen LogP contribution is -2.23. The first kappa shape index (κ1) is 19.0. The van der Waals surface area contributed by atoms with Gasteiger partial charge in [-0.2, -0.15) is 0 Å². The SMILES string of the molecule is COc1cccc(/C=C2/SC(=Nc3ccc(C)c(C)c3)N(C)C2=O)c1OC. The van der Waals surface area contributed by atoms with Crippen molar-refractivity contribution in [3.63, 3.8) is 0 Å². The Labute approximate surface area is 163 Å². The number of methoxy groups -OCH3 is 2. The zero-order valence-corrected chi connectivity index (χ0v) is 16.9. The van der Waals surface area contributed by atoms with Gasteiger partial charge in [-0.1, -0.05) is 18.2 Å². The quantitative estimate of drug-likeness (QED) is 0.728. The van der Waals surface area contributed by atoms with Gasteiger partial charge in [0.1, 0.15) is 0 Å². The number of hydrogen-bond acceptors (Lipinski definition) is 5. The Morgan fingerprint density at radius 1 is 1.07 bits per heavy atom. The molecule has 1 aliphatic rings. The van der Waals surface area contributed by atoms with Gasteiger partial charge in [0.25, 0.3) is 5.91 Å². The summed E-state index contributed by atoms with van der Waals surface area (Å²) in [4.78, 5) is 19.5. The first-order chi connectivity index (χ1) is 12.9. The first-order valence-electron chi connectivity index (χ1n) is 8.49. The van der Waals surface area contributed by atoms with Crippen molar-refractivity contribution in [3.05, 3.63) is 58.0 Å². The maximum absolute atomic E-state index is 12.7. The molecule has 6 heteroatoms. The molecule has 1 fully saturated rings. The van der Waals surface area contributed by atoms with Crippen molar-refractivity contribution in [1.29, 1.82) is 0 Å². The zero-order chi connectivity index (χ0) is 19.6. The largest absolute Gasteiger partial charge is 0.493 e. The van der Waals surface area contributed by atoms with Crippen LogP contribution in [0.1, 0.15) is 16.7 Å². The minimum absolute atomic E-state index is 0.0903. The Morgan fingerprint density at radius 3 is 2.52 bits per heavy atom. The van der Waals surface area contributed by atoms with Crippen molar-refractivity contribution in [2.24, 2.45) is 4.99 Å². The van der Waals surface area contributed by atoms with Crippen LogP contribution in [0, 0.1) is 13.8 Å². The monoisotopic (exact) mass is 382 g/mol. The third kappa shape index (κ3) is 3.85. The molecule has 140 valence electrons. The number of aryl methyl sites for hydroxylation is 2. The predicted octanol–water partition coefficient (Wildman–Crippen LogP) is 4.55. The molecule has 5 nitrogen and oxygen atoms in total. The summed E-state index contributed by atoms with van der Waals surface area (Å²) >= 11 is 1.35. The number of benzene rings is 2. The van der Waals surface area contributed by atoms with Gasteiger partial charge in [0.2, 0.25) is 0 Å². The van der Waals surface area contributed by atoms with Gasteiger partial charge in [0, 0.05) is 12.6 Å². The van der Waals surface area contributed by atoms with E-state index in [-0.39, 0.29) is 5.91 Å². The lowest BCUT2D eigenvalue weighted by molar-refractivity contribution is -0.121. The average molecular weight is 382 g/mol. The molecule has 27 heavy (non-hydrogen) atoms. The topological polar surface area (TPSA) is 51.1 Å². The first-order valence-corrected chi connectivity index (χ1v) is 9.30. The summed E-state index contributed by atoms with van der Waals surface area (Å²) in [5.41, 5.74) is 4.01. The van der Waals surface area contributed by atoms with E-state index < -0.39 is 0 Å². The summed E-state index contributed by atoms with van der Waals surface area (Å²) in [5, 5.41) is 0.649. The Balaban J connectivity index is 1.95. The summed E-state index contributed by atoms with van der Waals surface area (Å²) in [5.74, 6) is 1.13. The molecular formula is C21H22N2O3S. The molecule has 0 aliphatic carbocycles. The van der Waals surface area contributed by atoms with Crippen LogP contribution in [0.5, 0.6) is 11.5 Å². The third-order valence-electron chi connectivity index (χ3n) is 4.44. The van der Waals surface area contributed by atoms with E-state index in [1.807, 2.05) is 42.5 Å². The van der Waals surface area contributed by atoms with Gasteiger partial charge < -0.3 is 9.47 Å². The van der Waals surface area contributed by atoms with Crippen LogP contribution in [0.4, 0.5) is 5.69 Å². The molecule has 2 aromatic rings. The molecule has 0 atom stereocenters. The van der Waals surface area contributed by atoms with E-state index in [2.05, 4.69) is 18.8 Å². The highest BCUT2D eigenvalue weighted by Crippen LogP contribution is 2.37. The molecule has 1 heterocycles. The summed E-state index contributed by atoms with van der Waals surface area (Å²) in [6.45, 7) is 4.12. The molecule has 1 aliphatic heterocycles. The van der Waals surface area contributed by atoms with E-state index in [1.54, 1.807) is 26.2 Å². The van der Waals surface area contributed by atoms with Crippen LogP contribution in [0.15, 0.2) is 46.3 Å². The van der Waals surface area contributed by atoms with Gasteiger partial charge in [0.05, 0.1) is 24.8 Å². The molecule has 3 rings (SSSR count). The minimum atomic E-state index is -0.0903. The average Bonchev–Trinajstić information content (AvgIpc) is 2.92. The highest BCUT2D eigenvalue weighted by atomic mass is 32.2. The number of rotatable bonds is 4. The van der Waals surface area contributed by atoms with Gasteiger partial charge in [-0.15, -0.1) is 0 Å². The molecule has 0 spiro atoms. The molecule has 2 aromatic carbocycles. The molecule has 1 amide bonds. The fourth-order valence-electron chi connectivity index (χ4n) is 2.72. The van der Waals surface area contributed by atoms with Gasteiger partial charge in [-0.3, -0.25) is 9.69 Å². The van der Waals surface area contributed by atoms with E-state index in [0.29, 0.717) is 21.6 Å². The van der Waals surface area contributed by atoms with Crippen LogP contribution in [-0.2, 0) is 4.79 Å². The van der Waals surface area contributed by atoms with E-state index in [0.717, 1.165) is 11.3 Å². The van der Waals surface area contributed by atoms with Gasteiger partial charge in [-0.05, 0) is 61.0 Å². The Bertz CT molecular complexity index is 950. The van der Waals surface area contributed by atoms with Crippen molar-refractivity contribution in [1.82, 2.24) is 4.90 Å². The second-order valence-electron chi connectivity index (χ2n) is 6.22. The lowest BCUT2D eigenvalue weighted by Gasteiger charge is -2.10. The maximum Gasteiger partial charge on any atom is 0.266 e. The predicted molar refractivity (Wildman–Crippen MR) is 111 cm³/mol. The molecule has 0 saturated carbocycles. The lowest BCUT2D eigenvalue weighted by atomic mass is 10.1. The maximum atomic E-state index is 12.7. The third-order valence-corrected chi connectivity index (χ3v) is 5.50. The number of amides is 1. The normalized spacial score (nSPS) is 17.1. The number of para-hydroxylation sites is 1. The summed E-state index contributed by atoms with van der Waals surface area (Å²) in [7, 11) is 4.91. The molecule has 0 N–H and O–H groups in total. The van der Waals surface area contributed by atoms with Crippen molar-refractivity contribution in [2.75, 3.05) is 21.3 Å². The smallest absolute Gasteiger partial charge is 0.266 e. The van der Waals surface area contributed by atoms with E-state index in [4.69, 9.17) is 9.47 Å². The number of thioether (sulfide) groups is 1. The highest BCUT2D eigenvalue weighted by molar-refractivity contribution is 8.18. The zero-order valence-electron chi connectivity index (χ0n) is 16.1. The number of carbonyl (C=O) groups excluding carboxylic acids is 1. The van der Waals surface area contributed by atoms with Crippen molar-refractivity contribution in [2.45, 2.75) is 13.8 Å². The fraction of sp³-hybridized carbons (Fsp3) is 0.238. The van der Waals surface area contributed by atoms with Crippen LogP contribution in [0.3, 0.4) is 0 Å². The second kappa shape index (κ2) is 7.88. The van der Waals surface area contributed by atoms with E-state index in [1.165, 1.54) is 22.9 Å². The van der Waals surface area contributed by atoms with E-state index in [9.17, 15) is 4.79 Å². The van der Waals surface area contributed by atoms with Gasteiger partial charge in [0.15, 0.2) is 16.7 Å². The summed E-state index contributed by atoms with van der Waals surface area (Å²) in [6.07, 6.45) is 1.81. The summed E-state index contributed by atoms with van der Waals surface area (Å²) in [6, 6.07) is 11.6. The number of aliphatic imine (C=N–C) groups is 1. The summed E-state index contributed by atoms with van der Waals surface area (Å²) < 4.78 is 10.8. The van der Waals surface area contributed by atoms with Crippen molar-refractivity contribution < 1.29 is 14.3 Å². The molecule has 1 saturated heterocycles. The van der Waals surface area contributed by atoms with Crippen LogP contribution in [-0.4, -0.2) is 37.2 Å². The second-order valence-corrected chi connectivity index (χ2v) is 7.23. The van der Waals surface area contributed by atoms with Gasteiger partial charge >= 0.3 is 0 Å². The number of nitrogens with zero attached hydrogens (tertiary/aromatic N) is 2. The van der Waals surface area contributed by atoms with Crippen LogP contribution in [0.2, 0.25) is 0 Å². The van der Waals surface area contributed by atoms with Crippen LogP contribution < -0.4 is 9.47 Å². The highest BCUT2D eigenvalue weighted by Gasteiger charge is 2.30. The van der Waals surface area contributed by atoms with Crippen LogP contribution in [0.25, 0.3) is 6.08 Å². The Morgan fingerprint density at radius 2 is 1.85 bits per heavy atom. The van der Waals surface area contributed by atoms with Crippen molar-refractivity contribution in [3.8, 4) is 11.5 Å². The number of amidine groups is 1. The standard InChI is InChI=1S/C21H22N2O3S/c1-13-9-10-16(11-14(13)2)22-21-23(3)20(24)18(27-21)12-15-7-6-8-17(25-4)19(15)26-5/h6-12H,1-5H3/b18-12+,22-21?. The van der Waals surface area contributed by atoms with E-state index >= 15 is 0 Å². The number of hydrogen-bond donors (Lipinski definition) is 0. The van der Waals surface area contributed by atoms with Crippen LogP contribution >= 0.6 is 11.8 Å². The Kier molecular flexibility index (Phi) is 5.56. The molecule has 0 radical (unpaired) electrons. The molecule has 0 unspecified atom stereocenters. The van der Waals surface area contributed by atoms with Crippen molar-refractivity contribution >= 4 is 34.6 Å². The molecular weight excluding hydrogens is 360 g/mol. The molecule has 0 bridgehead atoms. The molecule has 0 aromatic heterocycles. The van der Waals surface area contributed by atoms with Gasteiger partial charge in [-0.25, -0.2) is 4.99 Å². The number of ether oxygens (including phenoxy) is 2.